The second-order valence-corrected chi connectivity index (χ2v) is 3.45. The lowest BCUT2D eigenvalue weighted by Crippen LogP contribution is -2.20. The number of hydrogen-bond donors (Lipinski definition) is 1. The Hall–Kier alpha value is -1.56. The number of ether oxygens (including phenoxy) is 1. The van der Waals surface area contributed by atoms with Crippen LogP contribution in [0.1, 0.15) is 18.1 Å². The van der Waals surface area contributed by atoms with Crippen molar-refractivity contribution in [2.45, 2.75) is 25.8 Å². The van der Waals surface area contributed by atoms with Crippen molar-refractivity contribution in [3.8, 4) is 0 Å². The highest BCUT2D eigenvalue weighted by atomic mass is 19.4. The van der Waals surface area contributed by atoms with E-state index in [0.717, 1.165) is 6.07 Å². The van der Waals surface area contributed by atoms with E-state index >= 15 is 0 Å². The van der Waals surface area contributed by atoms with Gasteiger partial charge in [-0.1, -0.05) is 18.2 Å². The lowest BCUT2D eigenvalue weighted by molar-refractivity contribution is -0.150. The van der Waals surface area contributed by atoms with Crippen LogP contribution in [0.3, 0.4) is 0 Å². The van der Waals surface area contributed by atoms with Gasteiger partial charge < -0.3 is 9.84 Å². The summed E-state index contributed by atoms with van der Waals surface area (Å²) in [5, 5.41) is 8.54. The van der Waals surface area contributed by atoms with Crippen molar-refractivity contribution >= 4 is 5.97 Å². The monoisotopic (exact) mass is 248 g/mol. The van der Waals surface area contributed by atoms with Gasteiger partial charge in [0.2, 0.25) is 0 Å². The standard InChI is InChI=1S/C11H11F3O3/c1-7(10(15)16)17-6-8-4-2-3-5-9(8)11(12,13)14/h2-5,7H,6H2,1H3,(H,15,16)/t7-/m1/s1. The molecule has 6 heteroatoms. The molecule has 1 atom stereocenters. The predicted molar refractivity (Wildman–Crippen MR) is 53.3 cm³/mol. The van der Waals surface area contributed by atoms with Gasteiger partial charge in [-0.25, -0.2) is 4.79 Å². The molecule has 0 aliphatic carbocycles. The number of aliphatic carboxylic acids is 1. The van der Waals surface area contributed by atoms with Gasteiger partial charge in [0, 0.05) is 0 Å². The molecule has 0 radical (unpaired) electrons. The van der Waals surface area contributed by atoms with Crippen molar-refractivity contribution in [2.75, 3.05) is 0 Å². The first-order valence-electron chi connectivity index (χ1n) is 4.82. The van der Waals surface area contributed by atoms with Crippen LogP contribution in [0.4, 0.5) is 13.2 Å². The van der Waals surface area contributed by atoms with Crippen LogP contribution in [0.5, 0.6) is 0 Å². The molecule has 0 spiro atoms. The zero-order valence-corrected chi connectivity index (χ0v) is 8.99. The van der Waals surface area contributed by atoms with Crippen LogP contribution in [-0.4, -0.2) is 17.2 Å². The molecular formula is C11H11F3O3. The molecule has 1 aromatic rings. The van der Waals surface area contributed by atoms with Crippen molar-refractivity contribution in [3.63, 3.8) is 0 Å². The fraction of sp³-hybridized carbons (Fsp3) is 0.364. The molecule has 0 aliphatic rings. The van der Waals surface area contributed by atoms with Gasteiger partial charge in [0.25, 0.3) is 0 Å². The lowest BCUT2D eigenvalue weighted by atomic mass is 10.1. The number of halogens is 3. The third-order valence-corrected chi connectivity index (χ3v) is 2.16. The molecule has 0 saturated heterocycles. The first-order chi connectivity index (χ1) is 7.82. The fourth-order valence-corrected chi connectivity index (χ4v) is 1.21. The number of alkyl halides is 3. The van der Waals surface area contributed by atoms with Gasteiger partial charge in [-0.3, -0.25) is 0 Å². The number of carboxylic acid groups (broad SMARTS) is 1. The Balaban J connectivity index is 2.81. The summed E-state index contributed by atoms with van der Waals surface area (Å²) in [6, 6.07) is 4.91. The van der Waals surface area contributed by atoms with Crippen molar-refractivity contribution in [1.29, 1.82) is 0 Å². The number of carbonyl (C=O) groups is 1. The van der Waals surface area contributed by atoms with E-state index in [2.05, 4.69) is 0 Å². The molecular weight excluding hydrogens is 237 g/mol. The van der Waals surface area contributed by atoms with Gasteiger partial charge in [-0.05, 0) is 18.6 Å². The summed E-state index contributed by atoms with van der Waals surface area (Å²) < 4.78 is 42.5. The van der Waals surface area contributed by atoms with Crippen LogP contribution in [0.2, 0.25) is 0 Å². The van der Waals surface area contributed by atoms with Crippen LogP contribution in [0.15, 0.2) is 24.3 Å². The SMILES string of the molecule is C[C@@H](OCc1ccccc1C(F)(F)F)C(=O)O. The molecule has 94 valence electrons. The second-order valence-electron chi connectivity index (χ2n) is 3.45. The largest absolute Gasteiger partial charge is 0.479 e. The minimum Gasteiger partial charge on any atom is -0.479 e. The molecule has 0 amide bonds. The van der Waals surface area contributed by atoms with Crippen LogP contribution in [0.25, 0.3) is 0 Å². The Morgan fingerprint density at radius 2 is 2.00 bits per heavy atom. The Bertz CT molecular complexity index is 401. The van der Waals surface area contributed by atoms with E-state index in [1.165, 1.54) is 25.1 Å². The Labute approximate surface area is 95.8 Å². The van der Waals surface area contributed by atoms with Gasteiger partial charge in [0.1, 0.15) is 0 Å². The summed E-state index contributed by atoms with van der Waals surface area (Å²) in [5.74, 6) is -1.21. The minimum atomic E-state index is -4.47. The van der Waals surface area contributed by atoms with Crippen molar-refractivity contribution in [2.24, 2.45) is 0 Å². The number of carboxylic acids is 1. The van der Waals surface area contributed by atoms with E-state index in [4.69, 9.17) is 9.84 Å². The third kappa shape index (κ3) is 3.74. The molecule has 0 aromatic heterocycles. The molecule has 1 N–H and O–H groups in total. The van der Waals surface area contributed by atoms with Gasteiger partial charge in [-0.2, -0.15) is 13.2 Å². The van der Waals surface area contributed by atoms with Crippen LogP contribution in [-0.2, 0) is 22.3 Å². The molecule has 0 aliphatic heterocycles. The molecule has 1 rings (SSSR count). The Kier molecular flexibility index (Phi) is 4.11. The van der Waals surface area contributed by atoms with E-state index in [1.807, 2.05) is 0 Å². The maximum Gasteiger partial charge on any atom is 0.416 e. The van der Waals surface area contributed by atoms with E-state index < -0.39 is 23.8 Å². The van der Waals surface area contributed by atoms with Crippen LogP contribution < -0.4 is 0 Å². The zero-order chi connectivity index (χ0) is 13.1. The minimum absolute atomic E-state index is 0.0758. The van der Waals surface area contributed by atoms with E-state index in [9.17, 15) is 18.0 Å². The molecule has 0 bridgehead atoms. The van der Waals surface area contributed by atoms with Gasteiger partial charge >= 0.3 is 12.1 Å². The Morgan fingerprint density at radius 3 is 2.53 bits per heavy atom. The fourth-order valence-electron chi connectivity index (χ4n) is 1.21. The summed E-state index contributed by atoms with van der Waals surface area (Å²) in [6.07, 6.45) is -5.61. The molecule has 1 aromatic carbocycles. The number of hydrogen-bond acceptors (Lipinski definition) is 2. The van der Waals surface area contributed by atoms with E-state index in [-0.39, 0.29) is 12.2 Å². The average Bonchev–Trinajstić information content (AvgIpc) is 2.24. The van der Waals surface area contributed by atoms with Gasteiger partial charge in [0.15, 0.2) is 6.10 Å². The van der Waals surface area contributed by atoms with Gasteiger partial charge in [-0.15, -0.1) is 0 Å². The quantitative estimate of drug-likeness (QED) is 0.891. The van der Waals surface area contributed by atoms with Gasteiger partial charge in [0.05, 0.1) is 12.2 Å². The van der Waals surface area contributed by atoms with Crippen LogP contribution >= 0.6 is 0 Å². The average molecular weight is 248 g/mol. The maximum atomic E-state index is 12.6. The third-order valence-electron chi connectivity index (χ3n) is 2.16. The number of benzene rings is 1. The van der Waals surface area contributed by atoms with E-state index in [1.54, 1.807) is 0 Å². The number of rotatable bonds is 4. The highest BCUT2D eigenvalue weighted by Crippen LogP contribution is 2.32. The Morgan fingerprint density at radius 1 is 1.41 bits per heavy atom. The molecule has 0 unspecified atom stereocenters. The maximum absolute atomic E-state index is 12.6. The molecule has 17 heavy (non-hydrogen) atoms. The highest BCUT2D eigenvalue weighted by Gasteiger charge is 2.33. The smallest absolute Gasteiger partial charge is 0.416 e. The zero-order valence-electron chi connectivity index (χ0n) is 8.99. The van der Waals surface area contributed by atoms with Crippen molar-refractivity contribution in [3.05, 3.63) is 35.4 Å². The highest BCUT2D eigenvalue weighted by molar-refractivity contribution is 5.71. The normalized spacial score (nSPS) is 13.4. The molecule has 3 nitrogen and oxygen atoms in total. The topological polar surface area (TPSA) is 46.5 Å². The molecule has 0 saturated carbocycles. The van der Waals surface area contributed by atoms with E-state index in [0.29, 0.717) is 0 Å². The summed E-state index contributed by atoms with van der Waals surface area (Å²) in [7, 11) is 0. The first-order valence-corrected chi connectivity index (χ1v) is 4.82. The summed E-state index contributed by atoms with van der Waals surface area (Å²) >= 11 is 0. The van der Waals surface area contributed by atoms with Crippen molar-refractivity contribution in [1.82, 2.24) is 0 Å². The summed E-state index contributed by atoms with van der Waals surface area (Å²) in [4.78, 5) is 10.5. The second kappa shape index (κ2) is 5.18. The van der Waals surface area contributed by atoms with Crippen molar-refractivity contribution < 1.29 is 27.8 Å². The summed E-state index contributed by atoms with van der Waals surface area (Å²) in [6.45, 7) is 0.877. The molecule has 0 fully saturated rings. The summed E-state index contributed by atoms with van der Waals surface area (Å²) in [5.41, 5.74) is -0.884. The van der Waals surface area contributed by atoms with Crippen LogP contribution in [0, 0.1) is 0 Å². The first kappa shape index (κ1) is 13.5. The molecule has 0 heterocycles. The predicted octanol–water partition coefficient (Wildman–Crippen LogP) is 2.70. The lowest BCUT2D eigenvalue weighted by Gasteiger charge is -2.14.